The molecule has 1 atom stereocenters. The third-order valence-electron chi connectivity index (χ3n) is 1.98. The summed E-state index contributed by atoms with van der Waals surface area (Å²) in [4.78, 5) is 8.42. The van der Waals surface area contributed by atoms with Gasteiger partial charge >= 0.3 is 0 Å². The Kier molecular flexibility index (Phi) is 2.72. The highest BCUT2D eigenvalue weighted by Crippen LogP contribution is 2.26. The van der Waals surface area contributed by atoms with Gasteiger partial charge in [0.1, 0.15) is 11.1 Å². The van der Waals surface area contributed by atoms with E-state index in [0.29, 0.717) is 6.54 Å². The maximum absolute atomic E-state index is 5.56. The van der Waals surface area contributed by atoms with E-state index in [1.807, 2.05) is 6.07 Å². The van der Waals surface area contributed by atoms with Crippen molar-refractivity contribution in [3.05, 3.63) is 23.5 Å². The third-order valence-corrected chi connectivity index (χ3v) is 3.11. The van der Waals surface area contributed by atoms with E-state index in [0.717, 1.165) is 15.2 Å². The van der Waals surface area contributed by atoms with Crippen molar-refractivity contribution in [2.45, 2.75) is 6.10 Å². The van der Waals surface area contributed by atoms with Crippen LogP contribution in [0.15, 0.2) is 18.5 Å². The van der Waals surface area contributed by atoms with E-state index in [-0.39, 0.29) is 6.10 Å². The Morgan fingerprint density at radius 3 is 3.14 bits per heavy atom. The van der Waals surface area contributed by atoms with Crippen LogP contribution < -0.4 is 5.73 Å². The smallest absolute Gasteiger partial charge is 0.124 e. The maximum atomic E-state index is 5.56. The summed E-state index contributed by atoms with van der Waals surface area (Å²) in [6, 6.07) is 1.94. The number of ether oxygens (including phenoxy) is 1. The molecule has 0 bridgehead atoms. The molecule has 0 fully saturated rings. The zero-order valence-electron chi connectivity index (χ0n) is 7.80. The van der Waals surface area contributed by atoms with E-state index in [4.69, 9.17) is 10.5 Å². The van der Waals surface area contributed by atoms with Gasteiger partial charge in [0.15, 0.2) is 0 Å². The number of nitrogens with two attached hydrogens (primary N) is 1. The maximum Gasteiger partial charge on any atom is 0.124 e. The number of aromatic nitrogens is 2. The summed E-state index contributed by atoms with van der Waals surface area (Å²) in [5, 5.41) is 0.915. The van der Waals surface area contributed by atoms with Crippen molar-refractivity contribution < 1.29 is 4.74 Å². The zero-order chi connectivity index (χ0) is 9.97. The van der Waals surface area contributed by atoms with Crippen molar-refractivity contribution in [2.75, 3.05) is 13.7 Å². The predicted molar refractivity (Wildman–Crippen MR) is 56.2 cm³/mol. The summed E-state index contributed by atoms with van der Waals surface area (Å²) in [5.41, 5.74) is 6.47. The molecule has 0 aromatic carbocycles. The molecule has 0 saturated heterocycles. The molecule has 0 spiro atoms. The summed E-state index contributed by atoms with van der Waals surface area (Å²) in [6.45, 7) is 0.448. The van der Waals surface area contributed by atoms with Crippen LogP contribution in [0.3, 0.4) is 0 Å². The molecule has 1 unspecified atom stereocenters. The first-order chi connectivity index (χ1) is 6.85. The van der Waals surface area contributed by atoms with Crippen molar-refractivity contribution in [1.82, 2.24) is 9.97 Å². The number of pyridine rings is 1. The van der Waals surface area contributed by atoms with Crippen LogP contribution in [0.1, 0.15) is 11.1 Å². The first kappa shape index (κ1) is 9.51. The summed E-state index contributed by atoms with van der Waals surface area (Å²) >= 11 is 1.60. The lowest BCUT2D eigenvalue weighted by Crippen LogP contribution is -2.13. The number of hydrogen-bond donors (Lipinski definition) is 1. The Morgan fingerprint density at radius 2 is 2.50 bits per heavy atom. The Bertz CT molecular complexity index is 392. The second-order valence-electron chi connectivity index (χ2n) is 2.86. The predicted octanol–water partition coefficient (Wildman–Crippen LogP) is 1.34. The van der Waals surface area contributed by atoms with Gasteiger partial charge in [-0.05, 0) is 6.07 Å². The molecule has 74 valence electrons. The molecule has 2 rings (SSSR count). The topological polar surface area (TPSA) is 61.0 Å². The fraction of sp³-hybridized carbons (Fsp3) is 0.333. The van der Waals surface area contributed by atoms with E-state index in [9.17, 15) is 0 Å². The quantitative estimate of drug-likeness (QED) is 0.828. The monoisotopic (exact) mass is 209 g/mol. The largest absolute Gasteiger partial charge is 0.373 e. The van der Waals surface area contributed by atoms with E-state index in [2.05, 4.69) is 9.97 Å². The summed E-state index contributed by atoms with van der Waals surface area (Å²) < 4.78 is 6.33. The molecule has 2 heterocycles. The zero-order valence-corrected chi connectivity index (χ0v) is 8.62. The lowest BCUT2D eigenvalue weighted by Gasteiger charge is -2.07. The SMILES string of the molecule is COC(CN)c1nc2cnccc2s1. The first-order valence-electron chi connectivity index (χ1n) is 4.28. The average molecular weight is 209 g/mol. The molecule has 2 aromatic heterocycles. The molecule has 0 aliphatic carbocycles. The molecule has 0 aliphatic rings. The molecule has 0 amide bonds. The molecular weight excluding hydrogens is 198 g/mol. The van der Waals surface area contributed by atoms with Crippen LogP contribution in [-0.2, 0) is 4.74 Å². The van der Waals surface area contributed by atoms with Gasteiger partial charge in [-0.25, -0.2) is 4.98 Å². The van der Waals surface area contributed by atoms with Crippen LogP contribution in [0.5, 0.6) is 0 Å². The van der Waals surface area contributed by atoms with Gasteiger partial charge in [-0.3, -0.25) is 4.98 Å². The van der Waals surface area contributed by atoms with Crippen LogP contribution in [0.25, 0.3) is 10.2 Å². The number of rotatable bonds is 3. The number of nitrogens with zero attached hydrogens (tertiary/aromatic N) is 2. The van der Waals surface area contributed by atoms with Crippen LogP contribution in [0, 0.1) is 0 Å². The standard InChI is InChI=1S/C9H11N3OS/c1-13-7(4-10)9-12-6-5-11-3-2-8(6)14-9/h2-3,5,7H,4,10H2,1H3. The Morgan fingerprint density at radius 1 is 1.64 bits per heavy atom. The van der Waals surface area contributed by atoms with Crippen molar-refractivity contribution in [3.63, 3.8) is 0 Å². The number of fused-ring (bicyclic) bond motifs is 1. The van der Waals surface area contributed by atoms with Crippen molar-refractivity contribution in [3.8, 4) is 0 Å². The Hall–Kier alpha value is -1.04. The average Bonchev–Trinajstić information content (AvgIpc) is 2.63. The summed E-state index contributed by atoms with van der Waals surface area (Å²) in [5.74, 6) is 0. The van der Waals surface area contributed by atoms with Crippen molar-refractivity contribution in [2.24, 2.45) is 5.73 Å². The van der Waals surface area contributed by atoms with Gasteiger partial charge in [0.25, 0.3) is 0 Å². The minimum absolute atomic E-state index is 0.104. The molecule has 0 saturated carbocycles. The number of hydrogen-bond acceptors (Lipinski definition) is 5. The summed E-state index contributed by atoms with van der Waals surface area (Å²) in [6.07, 6.45) is 3.40. The fourth-order valence-corrected chi connectivity index (χ4v) is 2.26. The van der Waals surface area contributed by atoms with Crippen LogP contribution >= 0.6 is 11.3 Å². The number of thiazole rings is 1. The molecule has 0 radical (unpaired) electrons. The number of methoxy groups -OCH3 is 1. The molecule has 0 aliphatic heterocycles. The van der Waals surface area contributed by atoms with Crippen molar-refractivity contribution in [1.29, 1.82) is 0 Å². The Labute approximate surface area is 85.7 Å². The lowest BCUT2D eigenvalue weighted by atomic mass is 10.4. The van der Waals surface area contributed by atoms with Crippen LogP contribution in [0.2, 0.25) is 0 Å². The fourth-order valence-electron chi connectivity index (χ4n) is 1.23. The van der Waals surface area contributed by atoms with Gasteiger partial charge < -0.3 is 10.5 Å². The van der Waals surface area contributed by atoms with E-state index < -0.39 is 0 Å². The molecule has 4 nitrogen and oxygen atoms in total. The summed E-state index contributed by atoms with van der Waals surface area (Å²) in [7, 11) is 1.64. The van der Waals surface area contributed by atoms with Gasteiger partial charge in [0.05, 0.1) is 16.4 Å². The van der Waals surface area contributed by atoms with E-state index in [1.165, 1.54) is 0 Å². The molecule has 2 aromatic rings. The van der Waals surface area contributed by atoms with Gasteiger partial charge in [0.2, 0.25) is 0 Å². The van der Waals surface area contributed by atoms with Gasteiger partial charge in [0, 0.05) is 19.9 Å². The lowest BCUT2D eigenvalue weighted by molar-refractivity contribution is 0.110. The van der Waals surface area contributed by atoms with Crippen LogP contribution in [0.4, 0.5) is 0 Å². The van der Waals surface area contributed by atoms with Gasteiger partial charge in [-0.15, -0.1) is 11.3 Å². The third kappa shape index (κ3) is 1.61. The molecule has 2 N–H and O–H groups in total. The Balaban J connectivity index is 2.43. The second kappa shape index (κ2) is 4.00. The van der Waals surface area contributed by atoms with Crippen molar-refractivity contribution >= 4 is 21.6 Å². The van der Waals surface area contributed by atoms with E-state index in [1.54, 1.807) is 30.8 Å². The van der Waals surface area contributed by atoms with E-state index >= 15 is 0 Å². The second-order valence-corrected chi connectivity index (χ2v) is 3.92. The first-order valence-corrected chi connectivity index (χ1v) is 5.10. The molecular formula is C9H11N3OS. The normalized spacial score (nSPS) is 13.3. The molecule has 14 heavy (non-hydrogen) atoms. The molecule has 5 heteroatoms. The highest BCUT2D eigenvalue weighted by Gasteiger charge is 2.13. The van der Waals surface area contributed by atoms with Crippen LogP contribution in [-0.4, -0.2) is 23.6 Å². The minimum atomic E-state index is -0.104. The highest BCUT2D eigenvalue weighted by atomic mass is 32.1. The highest BCUT2D eigenvalue weighted by molar-refractivity contribution is 7.18. The van der Waals surface area contributed by atoms with Gasteiger partial charge in [-0.1, -0.05) is 0 Å². The van der Waals surface area contributed by atoms with Gasteiger partial charge in [-0.2, -0.15) is 0 Å². The minimum Gasteiger partial charge on any atom is -0.373 e.